The third-order valence-corrected chi connectivity index (χ3v) is 5.87. The van der Waals surface area contributed by atoms with Crippen molar-refractivity contribution in [1.29, 1.82) is 0 Å². The predicted molar refractivity (Wildman–Crippen MR) is 131 cm³/mol. The maximum Gasteiger partial charge on any atom is 0.194 e. The van der Waals surface area contributed by atoms with Gasteiger partial charge in [-0.2, -0.15) is 0 Å². The Labute approximate surface area is 200 Å². The Bertz CT molecular complexity index is 874. The molecule has 1 aromatic heterocycles. The number of ether oxygens (including phenoxy) is 1. The summed E-state index contributed by atoms with van der Waals surface area (Å²) in [5.41, 5.74) is 0.887. The molecule has 4 rings (SSSR count). The lowest BCUT2D eigenvalue weighted by Gasteiger charge is -2.38. The van der Waals surface area contributed by atoms with Crippen molar-refractivity contribution in [3.63, 3.8) is 0 Å². The molecule has 1 unspecified atom stereocenters. The number of benzene rings is 1. The van der Waals surface area contributed by atoms with E-state index >= 15 is 0 Å². The Morgan fingerprint density at radius 3 is 2.65 bits per heavy atom. The van der Waals surface area contributed by atoms with Crippen molar-refractivity contribution in [2.45, 2.75) is 32.4 Å². The van der Waals surface area contributed by atoms with Gasteiger partial charge in [-0.15, -0.1) is 34.2 Å². The van der Waals surface area contributed by atoms with E-state index in [4.69, 9.17) is 9.73 Å². The number of aromatic nitrogens is 3. The molecule has 31 heavy (non-hydrogen) atoms. The number of phenolic OH excluding ortho intramolecular Hbond substituents is 1. The van der Waals surface area contributed by atoms with Gasteiger partial charge in [0.1, 0.15) is 18.1 Å². The van der Waals surface area contributed by atoms with Crippen LogP contribution in [0.4, 0.5) is 5.69 Å². The number of guanidine groups is 1. The van der Waals surface area contributed by atoms with Gasteiger partial charge in [-0.1, -0.05) is 12.1 Å². The van der Waals surface area contributed by atoms with Crippen LogP contribution < -0.4 is 10.2 Å². The molecule has 2 aliphatic rings. The number of anilines is 1. The zero-order chi connectivity index (χ0) is 20.9. The fourth-order valence-electron chi connectivity index (χ4n) is 3.90. The van der Waals surface area contributed by atoms with Crippen LogP contribution in [0.2, 0.25) is 0 Å². The molecule has 0 aliphatic carbocycles. The predicted octanol–water partition coefficient (Wildman–Crippen LogP) is 1.89. The zero-order valence-corrected chi connectivity index (χ0v) is 20.5. The second-order valence-electron chi connectivity index (χ2n) is 7.84. The van der Waals surface area contributed by atoms with Crippen LogP contribution >= 0.6 is 24.0 Å². The van der Waals surface area contributed by atoms with E-state index in [0.717, 1.165) is 75.5 Å². The topological polar surface area (TPSA) is 91.0 Å². The van der Waals surface area contributed by atoms with Crippen LogP contribution in [-0.2, 0) is 18.3 Å². The average Bonchev–Trinajstić information content (AvgIpc) is 3.40. The summed E-state index contributed by atoms with van der Waals surface area (Å²) in [4.78, 5) is 9.34. The Morgan fingerprint density at radius 2 is 2.00 bits per heavy atom. The van der Waals surface area contributed by atoms with Crippen molar-refractivity contribution < 1.29 is 9.84 Å². The van der Waals surface area contributed by atoms with Crippen LogP contribution in [0.3, 0.4) is 0 Å². The minimum Gasteiger partial charge on any atom is -0.506 e. The first-order valence-electron chi connectivity index (χ1n) is 10.6. The molecule has 2 N–H and O–H groups in total. The molecular weight excluding hydrogens is 509 g/mol. The van der Waals surface area contributed by atoms with Crippen molar-refractivity contribution in [3.8, 4) is 5.75 Å². The Balaban J connectivity index is 0.00000272. The Morgan fingerprint density at radius 1 is 1.23 bits per heavy atom. The number of nitrogens with zero attached hydrogens (tertiary/aromatic N) is 6. The highest BCUT2D eigenvalue weighted by atomic mass is 127. The summed E-state index contributed by atoms with van der Waals surface area (Å²) in [5.74, 6) is 2.93. The van der Waals surface area contributed by atoms with Gasteiger partial charge in [0.05, 0.1) is 11.8 Å². The number of nitrogens with one attached hydrogen (secondary N) is 1. The lowest BCUT2D eigenvalue weighted by molar-refractivity contribution is 0.113. The Kier molecular flexibility index (Phi) is 8.35. The second-order valence-corrected chi connectivity index (χ2v) is 7.84. The van der Waals surface area contributed by atoms with Crippen molar-refractivity contribution in [2.24, 2.45) is 12.0 Å². The SMILES string of the molecule is Cc1nnc(CN=C(NCC2CCCO2)N2CCN(c3ccccc3O)CC2)n1C.I. The molecule has 170 valence electrons. The summed E-state index contributed by atoms with van der Waals surface area (Å²) >= 11 is 0. The lowest BCUT2D eigenvalue weighted by atomic mass is 10.2. The first-order chi connectivity index (χ1) is 14.6. The van der Waals surface area contributed by atoms with E-state index in [2.05, 4.69) is 25.3 Å². The number of halogens is 1. The summed E-state index contributed by atoms with van der Waals surface area (Å²) in [5, 5.41) is 22.0. The number of rotatable bonds is 5. The quantitative estimate of drug-likeness (QED) is 0.340. The minimum atomic E-state index is 0. The molecule has 0 radical (unpaired) electrons. The van der Waals surface area contributed by atoms with Crippen LogP contribution in [0.5, 0.6) is 5.75 Å². The molecule has 2 fully saturated rings. The molecule has 0 spiro atoms. The third-order valence-electron chi connectivity index (χ3n) is 5.87. The average molecular weight is 541 g/mol. The van der Waals surface area contributed by atoms with E-state index in [-0.39, 0.29) is 30.1 Å². The maximum absolute atomic E-state index is 10.2. The van der Waals surface area contributed by atoms with Crippen LogP contribution in [0, 0.1) is 6.92 Å². The highest BCUT2D eigenvalue weighted by Gasteiger charge is 2.23. The maximum atomic E-state index is 10.2. The van der Waals surface area contributed by atoms with E-state index in [0.29, 0.717) is 12.3 Å². The first kappa shape index (κ1) is 23.6. The van der Waals surface area contributed by atoms with Crippen LogP contribution in [0.15, 0.2) is 29.3 Å². The van der Waals surface area contributed by atoms with Crippen LogP contribution in [-0.4, -0.2) is 76.2 Å². The number of hydrogen-bond donors (Lipinski definition) is 2. The fourth-order valence-corrected chi connectivity index (χ4v) is 3.90. The number of aryl methyl sites for hydroxylation is 1. The number of hydrogen-bond acceptors (Lipinski definition) is 6. The van der Waals surface area contributed by atoms with Gasteiger partial charge >= 0.3 is 0 Å². The van der Waals surface area contributed by atoms with Crippen molar-refractivity contribution in [2.75, 3.05) is 44.2 Å². The van der Waals surface area contributed by atoms with Crippen molar-refractivity contribution >= 4 is 35.6 Å². The molecule has 0 saturated carbocycles. The molecule has 2 saturated heterocycles. The molecule has 0 bridgehead atoms. The molecule has 10 heteroatoms. The van der Waals surface area contributed by atoms with Gasteiger partial charge in [0.15, 0.2) is 11.8 Å². The van der Waals surface area contributed by atoms with E-state index in [1.807, 2.05) is 36.7 Å². The zero-order valence-electron chi connectivity index (χ0n) is 18.2. The number of aromatic hydroxyl groups is 1. The number of phenols is 1. The molecule has 9 nitrogen and oxygen atoms in total. The largest absolute Gasteiger partial charge is 0.506 e. The van der Waals surface area contributed by atoms with Gasteiger partial charge in [-0.3, -0.25) is 0 Å². The van der Waals surface area contributed by atoms with Gasteiger partial charge in [-0.25, -0.2) is 4.99 Å². The third kappa shape index (κ3) is 5.79. The normalized spacial score (nSPS) is 19.4. The van der Waals surface area contributed by atoms with Gasteiger partial charge in [0, 0.05) is 46.4 Å². The van der Waals surface area contributed by atoms with Crippen molar-refractivity contribution in [3.05, 3.63) is 35.9 Å². The number of piperazine rings is 1. The monoisotopic (exact) mass is 541 g/mol. The molecular formula is C21H32IN7O2. The fraction of sp³-hybridized carbons (Fsp3) is 0.571. The highest BCUT2D eigenvalue weighted by molar-refractivity contribution is 14.0. The van der Waals surface area contributed by atoms with Gasteiger partial charge in [0.2, 0.25) is 0 Å². The van der Waals surface area contributed by atoms with E-state index in [9.17, 15) is 5.11 Å². The summed E-state index contributed by atoms with van der Waals surface area (Å²) in [6.45, 7) is 7.31. The van der Waals surface area contributed by atoms with Gasteiger partial charge in [0.25, 0.3) is 0 Å². The number of para-hydroxylation sites is 2. The second kappa shape index (κ2) is 11.0. The van der Waals surface area contributed by atoms with E-state index in [1.54, 1.807) is 6.07 Å². The molecule has 3 heterocycles. The number of aliphatic imine (C=N–C) groups is 1. The summed E-state index contributed by atoms with van der Waals surface area (Å²) in [6.07, 6.45) is 2.45. The summed E-state index contributed by atoms with van der Waals surface area (Å²) < 4.78 is 7.74. The molecule has 1 atom stereocenters. The lowest BCUT2D eigenvalue weighted by Crippen LogP contribution is -2.53. The van der Waals surface area contributed by atoms with Crippen molar-refractivity contribution in [1.82, 2.24) is 25.0 Å². The van der Waals surface area contributed by atoms with Gasteiger partial charge < -0.3 is 29.5 Å². The van der Waals surface area contributed by atoms with Crippen LogP contribution in [0.1, 0.15) is 24.5 Å². The standard InChI is InChI=1S/C21H31N7O2.HI/c1-16-24-25-20(26(16)2)15-23-21(22-14-17-6-5-13-30-17)28-11-9-27(10-12-28)18-7-3-4-8-19(18)29;/h3-4,7-8,17,29H,5-6,9-15H2,1-2H3,(H,22,23);1H. The molecule has 1 aromatic carbocycles. The van der Waals surface area contributed by atoms with Crippen LogP contribution in [0.25, 0.3) is 0 Å². The summed E-state index contributed by atoms with van der Waals surface area (Å²) in [6, 6.07) is 7.51. The highest BCUT2D eigenvalue weighted by Crippen LogP contribution is 2.27. The molecule has 2 aromatic rings. The first-order valence-corrected chi connectivity index (χ1v) is 10.6. The smallest absolute Gasteiger partial charge is 0.194 e. The van der Waals surface area contributed by atoms with E-state index < -0.39 is 0 Å². The Hall–Kier alpha value is -2.08. The van der Waals surface area contributed by atoms with E-state index in [1.165, 1.54) is 0 Å². The minimum absolute atomic E-state index is 0. The van der Waals surface area contributed by atoms with Gasteiger partial charge in [-0.05, 0) is 31.9 Å². The molecule has 0 amide bonds. The molecule has 2 aliphatic heterocycles. The summed E-state index contributed by atoms with van der Waals surface area (Å²) in [7, 11) is 1.96.